The van der Waals surface area contributed by atoms with Crippen LogP contribution in [0.5, 0.6) is 0 Å². The van der Waals surface area contributed by atoms with Gasteiger partial charge in [-0.1, -0.05) is 24.3 Å². The molecule has 0 spiro atoms. The molecule has 0 amide bonds. The fourth-order valence-electron chi connectivity index (χ4n) is 2.36. The summed E-state index contributed by atoms with van der Waals surface area (Å²) in [6.07, 6.45) is 5.34. The maximum atomic E-state index is 2.28. The Balaban J connectivity index is 0.00000289. The van der Waals surface area contributed by atoms with Crippen molar-refractivity contribution in [2.75, 3.05) is 19.6 Å². The molecule has 104 valence electrons. The molecule has 0 aromatic heterocycles. The van der Waals surface area contributed by atoms with Crippen molar-refractivity contribution >= 4 is 0 Å². The third kappa shape index (κ3) is 6.42. The molecule has 0 heterocycles. The fraction of sp³-hybridized carbons (Fsp3) is 0.625. The summed E-state index contributed by atoms with van der Waals surface area (Å²) >= 11 is 0. The molecule has 0 saturated carbocycles. The summed E-state index contributed by atoms with van der Waals surface area (Å²) in [5, 5.41) is 0. The molecule has 0 aliphatic heterocycles. The van der Waals surface area contributed by atoms with Crippen molar-refractivity contribution in [2.45, 2.75) is 46.5 Å². The van der Waals surface area contributed by atoms with Gasteiger partial charge in [0.15, 0.2) is 0 Å². The predicted octanol–water partition coefficient (Wildman–Crippen LogP) is -0.363. The zero-order chi connectivity index (χ0) is 12.5. The molecular weight excluding hydrogens is 242 g/mol. The highest BCUT2D eigenvalue weighted by molar-refractivity contribution is 5.25. The normalized spacial score (nSPS) is 10.4. The molecule has 1 aromatic carbocycles. The van der Waals surface area contributed by atoms with E-state index in [9.17, 15) is 0 Å². The zero-order valence-electron chi connectivity index (χ0n) is 12.1. The van der Waals surface area contributed by atoms with Crippen LogP contribution in [0.15, 0.2) is 24.3 Å². The quantitative estimate of drug-likeness (QED) is 0.615. The van der Waals surface area contributed by atoms with Gasteiger partial charge in [-0.15, -0.1) is 0 Å². The average molecular weight is 270 g/mol. The van der Waals surface area contributed by atoms with Gasteiger partial charge in [-0.25, -0.2) is 0 Å². The largest absolute Gasteiger partial charge is 1.00 e. The summed E-state index contributed by atoms with van der Waals surface area (Å²) in [6.45, 7) is 10.7. The molecule has 18 heavy (non-hydrogen) atoms. The number of hydrogen-bond acceptors (Lipinski definition) is 0. The van der Waals surface area contributed by atoms with E-state index in [1.807, 2.05) is 0 Å². The van der Waals surface area contributed by atoms with Gasteiger partial charge in [0, 0.05) is 0 Å². The lowest BCUT2D eigenvalue weighted by Crippen LogP contribution is -3.11. The third-order valence-electron chi connectivity index (χ3n) is 3.74. The van der Waals surface area contributed by atoms with Crippen molar-refractivity contribution < 1.29 is 17.3 Å². The van der Waals surface area contributed by atoms with Gasteiger partial charge in [0.05, 0.1) is 19.6 Å². The van der Waals surface area contributed by atoms with Crippen LogP contribution in [0, 0.1) is 6.92 Å². The Labute approximate surface area is 119 Å². The number of aryl methyl sites for hydroxylation is 2. The van der Waals surface area contributed by atoms with E-state index in [2.05, 4.69) is 45.0 Å². The van der Waals surface area contributed by atoms with Crippen molar-refractivity contribution in [3.05, 3.63) is 35.4 Å². The topological polar surface area (TPSA) is 4.44 Å². The van der Waals surface area contributed by atoms with Crippen LogP contribution in [0.2, 0.25) is 0 Å². The van der Waals surface area contributed by atoms with Crippen LogP contribution in [0.3, 0.4) is 0 Å². The van der Waals surface area contributed by atoms with Crippen LogP contribution in [0.1, 0.15) is 44.2 Å². The number of unbranched alkanes of at least 4 members (excludes halogenated alkanes) is 2. The number of benzene rings is 1. The predicted molar refractivity (Wildman–Crippen MR) is 75.6 cm³/mol. The second kappa shape index (κ2) is 10.4. The van der Waals surface area contributed by atoms with Gasteiger partial charge in [0.2, 0.25) is 0 Å². The molecule has 0 unspecified atom stereocenters. The number of nitrogens with one attached hydrogen (secondary N) is 1. The van der Waals surface area contributed by atoms with E-state index in [0.29, 0.717) is 0 Å². The standard InChI is InChI=1S/C16H27N.ClH/c1-4-17(5-2)14-10-6-7-12-16-13-9-8-11-15(16)3;/h8-9,11,13H,4-7,10,12,14H2,1-3H3;1H. The second-order valence-corrected chi connectivity index (χ2v) is 4.94. The maximum absolute atomic E-state index is 2.28. The zero-order valence-corrected chi connectivity index (χ0v) is 12.9. The van der Waals surface area contributed by atoms with E-state index in [4.69, 9.17) is 0 Å². The average Bonchev–Trinajstić information content (AvgIpc) is 2.36. The van der Waals surface area contributed by atoms with E-state index in [-0.39, 0.29) is 12.4 Å². The number of halogens is 1. The monoisotopic (exact) mass is 269 g/mol. The Morgan fingerprint density at radius 3 is 2.22 bits per heavy atom. The Morgan fingerprint density at radius 2 is 1.61 bits per heavy atom. The Bertz CT molecular complexity index is 308. The summed E-state index contributed by atoms with van der Waals surface area (Å²) in [7, 11) is 0. The molecule has 0 aliphatic carbocycles. The molecule has 0 saturated heterocycles. The first-order chi connectivity index (χ1) is 8.27. The first-order valence-electron chi connectivity index (χ1n) is 7.16. The van der Waals surface area contributed by atoms with Gasteiger partial charge in [-0.05, 0) is 57.6 Å². The Morgan fingerprint density at radius 1 is 0.944 bits per heavy atom. The summed E-state index contributed by atoms with van der Waals surface area (Å²) in [6, 6.07) is 8.77. The minimum Gasteiger partial charge on any atom is -1.00 e. The third-order valence-corrected chi connectivity index (χ3v) is 3.74. The van der Waals surface area contributed by atoms with E-state index in [1.165, 1.54) is 56.4 Å². The minimum atomic E-state index is 0. The number of rotatable bonds is 8. The number of hydrogen-bond donors (Lipinski definition) is 1. The van der Waals surface area contributed by atoms with Gasteiger partial charge in [-0.3, -0.25) is 0 Å². The van der Waals surface area contributed by atoms with E-state index < -0.39 is 0 Å². The van der Waals surface area contributed by atoms with Gasteiger partial charge < -0.3 is 17.3 Å². The minimum absolute atomic E-state index is 0. The second-order valence-electron chi connectivity index (χ2n) is 4.94. The SMILES string of the molecule is CC[NH+](CC)CCCCCc1ccccc1C.[Cl-]. The highest BCUT2D eigenvalue weighted by Gasteiger charge is 2.02. The molecule has 1 N–H and O–H groups in total. The summed E-state index contributed by atoms with van der Waals surface area (Å²) < 4.78 is 0. The van der Waals surface area contributed by atoms with Crippen LogP contribution in [0.4, 0.5) is 0 Å². The van der Waals surface area contributed by atoms with Gasteiger partial charge in [-0.2, -0.15) is 0 Å². The summed E-state index contributed by atoms with van der Waals surface area (Å²) in [5.41, 5.74) is 2.98. The molecule has 0 aliphatic rings. The molecule has 0 fully saturated rings. The maximum Gasteiger partial charge on any atom is 0.0770 e. The molecule has 1 rings (SSSR count). The molecule has 0 bridgehead atoms. The van der Waals surface area contributed by atoms with E-state index in [1.54, 1.807) is 4.90 Å². The number of quaternary nitrogens is 1. The summed E-state index contributed by atoms with van der Waals surface area (Å²) in [5.74, 6) is 0. The van der Waals surface area contributed by atoms with Crippen LogP contribution < -0.4 is 17.3 Å². The fourth-order valence-corrected chi connectivity index (χ4v) is 2.36. The smallest absolute Gasteiger partial charge is 0.0770 e. The van der Waals surface area contributed by atoms with E-state index >= 15 is 0 Å². The van der Waals surface area contributed by atoms with Crippen LogP contribution in [0.25, 0.3) is 0 Å². The lowest BCUT2D eigenvalue weighted by atomic mass is 10.0. The van der Waals surface area contributed by atoms with Crippen LogP contribution in [-0.4, -0.2) is 19.6 Å². The molecule has 0 radical (unpaired) electrons. The molecule has 2 heteroatoms. The van der Waals surface area contributed by atoms with Crippen molar-refractivity contribution in [2.24, 2.45) is 0 Å². The first-order valence-corrected chi connectivity index (χ1v) is 7.16. The van der Waals surface area contributed by atoms with Crippen LogP contribution >= 0.6 is 0 Å². The van der Waals surface area contributed by atoms with Gasteiger partial charge in [0.1, 0.15) is 0 Å². The first kappa shape index (κ1) is 17.5. The lowest BCUT2D eigenvalue weighted by Gasteiger charge is -2.14. The molecular formula is C16H28ClN. The Kier molecular flexibility index (Phi) is 10.1. The van der Waals surface area contributed by atoms with Crippen molar-refractivity contribution in [1.29, 1.82) is 0 Å². The molecule has 1 aromatic rings. The van der Waals surface area contributed by atoms with Crippen molar-refractivity contribution in [3.63, 3.8) is 0 Å². The molecule has 1 nitrogen and oxygen atoms in total. The summed E-state index contributed by atoms with van der Waals surface area (Å²) in [4.78, 5) is 1.74. The van der Waals surface area contributed by atoms with Gasteiger partial charge >= 0.3 is 0 Å². The highest BCUT2D eigenvalue weighted by Crippen LogP contribution is 2.10. The van der Waals surface area contributed by atoms with Crippen molar-refractivity contribution in [3.8, 4) is 0 Å². The van der Waals surface area contributed by atoms with E-state index in [0.717, 1.165) is 0 Å². The van der Waals surface area contributed by atoms with Crippen LogP contribution in [-0.2, 0) is 6.42 Å². The lowest BCUT2D eigenvalue weighted by molar-refractivity contribution is -0.896. The Hall–Kier alpha value is -0.530. The van der Waals surface area contributed by atoms with Crippen molar-refractivity contribution in [1.82, 2.24) is 0 Å². The van der Waals surface area contributed by atoms with Gasteiger partial charge in [0.25, 0.3) is 0 Å². The highest BCUT2D eigenvalue weighted by atomic mass is 35.5. The molecule has 0 atom stereocenters.